The first-order chi connectivity index (χ1) is 13.3. The van der Waals surface area contributed by atoms with E-state index in [2.05, 4.69) is 20.1 Å². The van der Waals surface area contributed by atoms with Crippen molar-refractivity contribution < 1.29 is 9.32 Å². The number of pyridine rings is 2. The Balaban J connectivity index is 1.34. The van der Waals surface area contributed by atoms with Crippen molar-refractivity contribution in [1.29, 1.82) is 0 Å². The molecule has 0 saturated carbocycles. The molecule has 4 aromatic rings. The van der Waals surface area contributed by atoms with Crippen LogP contribution in [0.5, 0.6) is 0 Å². The molecule has 27 heavy (non-hydrogen) atoms. The van der Waals surface area contributed by atoms with E-state index in [0.717, 1.165) is 11.2 Å². The van der Waals surface area contributed by atoms with Crippen LogP contribution in [0.25, 0.3) is 17.2 Å². The second-order valence-corrected chi connectivity index (χ2v) is 6.58. The summed E-state index contributed by atoms with van der Waals surface area (Å²) in [7, 11) is 0. The van der Waals surface area contributed by atoms with Gasteiger partial charge in [0.2, 0.25) is 17.6 Å². The van der Waals surface area contributed by atoms with E-state index < -0.39 is 0 Å². The lowest BCUT2D eigenvalue weighted by molar-refractivity contribution is -0.128. The molecular weight excluding hydrogens is 344 g/mol. The minimum Gasteiger partial charge on any atom is -0.339 e. The fourth-order valence-electron chi connectivity index (χ4n) is 3.35. The van der Waals surface area contributed by atoms with Crippen LogP contribution >= 0.6 is 0 Å². The third kappa shape index (κ3) is 2.95. The Labute approximate surface area is 154 Å². The standard InChI is InChI=1S/C19H16N6O2/c26-17-9-14(11-25(17)10-13-4-6-20-7-5-13)19-22-18(23-27-19)15-12-24-8-2-1-3-16(24)21-15/h1-8,12,14H,9-11H2/t14-/m1/s1. The molecule has 1 fully saturated rings. The zero-order chi connectivity index (χ0) is 18.2. The second-order valence-electron chi connectivity index (χ2n) is 6.58. The summed E-state index contributed by atoms with van der Waals surface area (Å²) in [6.07, 6.45) is 7.61. The quantitative estimate of drug-likeness (QED) is 0.555. The molecule has 1 amide bonds. The maximum Gasteiger partial charge on any atom is 0.232 e. The van der Waals surface area contributed by atoms with Crippen molar-refractivity contribution in [1.82, 2.24) is 29.4 Å². The fourth-order valence-corrected chi connectivity index (χ4v) is 3.35. The van der Waals surface area contributed by atoms with E-state index >= 15 is 0 Å². The molecule has 0 unspecified atom stereocenters. The van der Waals surface area contributed by atoms with Gasteiger partial charge in [-0.15, -0.1) is 0 Å². The normalized spacial score (nSPS) is 17.1. The van der Waals surface area contributed by atoms with Crippen LogP contribution in [0.1, 0.15) is 23.8 Å². The lowest BCUT2D eigenvalue weighted by Gasteiger charge is -2.15. The first-order valence-electron chi connectivity index (χ1n) is 8.70. The predicted molar refractivity (Wildman–Crippen MR) is 95.5 cm³/mol. The number of likely N-dealkylation sites (tertiary alicyclic amines) is 1. The molecule has 1 aliphatic rings. The van der Waals surface area contributed by atoms with Gasteiger partial charge in [0.1, 0.15) is 11.3 Å². The van der Waals surface area contributed by atoms with Gasteiger partial charge in [0.15, 0.2) is 0 Å². The van der Waals surface area contributed by atoms with Crippen LogP contribution in [-0.4, -0.2) is 41.9 Å². The van der Waals surface area contributed by atoms with Gasteiger partial charge in [0.25, 0.3) is 0 Å². The largest absolute Gasteiger partial charge is 0.339 e. The van der Waals surface area contributed by atoms with E-state index in [1.165, 1.54) is 0 Å². The van der Waals surface area contributed by atoms with Crippen LogP contribution in [0.4, 0.5) is 0 Å². The lowest BCUT2D eigenvalue weighted by Crippen LogP contribution is -2.24. The van der Waals surface area contributed by atoms with Gasteiger partial charge in [-0.3, -0.25) is 9.78 Å². The lowest BCUT2D eigenvalue weighted by atomic mass is 10.1. The zero-order valence-electron chi connectivity index (χ0n) is 14.4. The summed E-state index contributed by atoms with van der Waals surface area (Å²) < 4.78 is 7.35. The van der Waals surface area contributed by atoms with Gasteiger partial charge in [-0.25, -0.2) is 4.98 Å². The summed E-state index contributed by atoms with van der Waals surface area (Å²) in [5.41, 5.74) is 2.52. The van der Waals surface area contributed by atoms with Crippen LogP contribution in [0.3, 0.4) is 0 Å². The summed E-state index contributed by atoms with van der Waals surface area (Å²) in [5.74, 6) is 0.906. The summed E-state index contributed by atoms with van der Waals surface area (Å²) in [6.45, 7) is 1.12. The van der Waals surface area contributed by atoms with Crippen molar-refractivity contribution in [2.75, 3.05) is 6.54 Å². The number of fused-ring (bicyclic) bond motifs is 1. The molecule has 0 spiro atoms. The predicted octanol–water partition coefficient (Wildman–Crippen LogP) is 2.30. The summed E-state index contributed by atoms with van der Waals surface area (Å²) >= 11 is 0. The molecule has 0 N–H and O–H groups in total. The summed E-state index contributed by atoms with van der Waals surface area (Å²) in [6, 6.07) is 9.59. The highest BCUT2D eigenvalue weighted by Gasteiger charge is 2.34. The van der Waals surface area contributed by atoms with E-state index in [4.69, 9.17) is 4.52 Å². The number of carbonyl (C=O) groups is 1. The molecule has 0 bridgehead atoms. The number of carbonyl (C=O) groups excluding carboxylic acids is 1. The van der Waals surface area contributed by atoms with E-state index in [1.54, 1.807) is 12.4 Å². The van der Waals surface area contributed by atoms with E-state index in [0.29, 0.717) is 36.9 Å². The van der Waals surface area contributed by atoms with Crippen LogP contribution < -0.4 is 0 Å². The average molecular weight is 360 g/mol. The highest BCUT2D eigenvalue weighted by molar-refractivity contribution is 5.79. The highest BCUT2D eigenvalue weighted by atomic mass is 16.5. The SMILES string of the molecule is O=C1C[C@@H](c2nc(-c3cn4ccccc4n3)no2)CN1Cc1ccncc1. The molecule has 0 aromatic carbocycles. The molecule has 5 rings (SSSR count). The Bertz CT molecular complexity index is 1070. The van der Waals surface area contributed by atoms with Crippen molar-refractivity contribution >= 4 is 11.6 Å². The first kappa shape index (κ1) is 15.7. The fraction of sp³-hybridized carbons (Fsp3) is 0.211. The van der Waals surface area contributed by atoms with Gasteiger partial charge >= 0.3 is 0 Å². The van der Waals surface area contributed by atoms with E-state index in [1.807, 2.05) is 52.0 Å². The molecule has 1 atom stereocenters. The smallest absolute Gasteiger partial charge is 0.232 e. The second kappa shape index (κ2) is 6.31. The number of hydrogen-bond acceptors (Lipinski definition) is 6. The highest BCUT2D eigenvalue weighted by Crippen LogP contribution is 2.29. The number of aromatic nitrogens is 5. The molecule has 1 saturated heterocycles. The monoisotopic (exact) mass is 360 g/mol. The minimum atomic E-state index is -0.0994. The maximum absolute atomic E-state index is 12.4. The number of hydrogen-bond donors (Lipinski definition) is 0. The van der Waals surface area contributed by atoms with Gasteiger partial charge in [-0.05, 0) is 29.8 Å². The maximum atomic E-state index is 12.4. The Morgan fingerprint density at radius 3 is 2.89 bits per heavy atom. The zero-order valence-corrected chi connectivity index (χ0v) is 14.4. The van der Waals surface area contributed by atoms with Gasteiger partial charge in [0, 0.05) is 44.3 Å². The van der Waals surface area contributed by atoms with Crippen LogP contribution in [0.2, 0.25) is 0 Å². The average Bonchev–Trinajstić information content (AvgIpc) is 3.41. The molecule has 0 aliphatic carbocycles. The number of amides is 1. The van der Waals surface area contributed by atoms with Gasteiger partial charge in [-0.1, -0.05) is 11.2 Å². The molecule has 0 radical (unpaired) electrons. The van der Waals surface area contributed by atoms with Crippen molar-refractivity contribution in [2.24, 2.45) is 0 Å². The molecule has 8 heteroatoms. The van der Waals surface area contributed by atoms with Crippen LogP contribution in [-0.2, 0) is 11.3 Å². The Kier molecular flexibility index (Phi) is 3.67. The van der Waals surface area contributed by atoms with Crippen LogP contribution in [0.15, 0.2) is 59.6 Å². The molecule has 8 nitrogen and oxygen atoms in total. The first-order valence-corrected chi connectivity index (χ1v) is 8.70. The molecule has 4 aromatic heterocycles. The van der Waals surface area contributed by atoms with Crippen LogP contribution in [0, 0.1) is 0 Å². The van der Waals surface area contributed by atoms with E-state index in [9.17, 15) is 4.79 Å². The van der Waals surface area contributed by atoms with Crippen molar-refractivity contribution in [3.8, 4) is 11.5 Å². The molecular formula is C19H16N6O2. The van der Waals surface area contributed by atoms with Crippen molar-refractivity contribution in [3.05, 3.63) is 66.6 Å². The summed E-state index contributed by atoms with van der Waals surface area (Å²) in [5, 5.41) is 4.06. The van der Waals surface area contributed by atoms with Gasteiger partial charge in [-0.2, -0.15) is 4.98 Å². The Morgan fingerprint density at radius 2 is 2.04 bits per heavy atom. The minimum absolute atomic E-state index is 0.0873. The Hall–Kier alpha value is -3.55. The topological polar surface area (TPSA) is 89.4 Å². The molecule has 134 valence electrons. The third-order valence-corrected chi connectivity index (χ3v) is 4.72. The van der Waals surface area contributed by atoms with Crippen molar-refractivity contribution in [2.45, 2.75) is 18.9 Å². The third-order valence-electron chi connectivity index (χ3n) is 4.72. The summed E-state index contributed by atoms with van der Waals surface area (Å²) in [4.78, 5) is 27.2. The van der Waals surface area contributed by atoms with Crippen molar-refractivity contribution in [3.63, 3.8) is 0 Å². The molecule has 5 heterocycles. The van der Waals surface area contributed by atoms with Gasteiger partial charge < -0.3 is 13.8 Å². The number of nitrogens with zero attached hydrogens (tertiary/aromatic N) is 6. The van der Waals surface area contributed by atoms with Gasteiger partial charge in [0.05, 0.1) is 5.92 Å². The number of rotatable bonds is 4. The van der Waals surface area contributed by atoms with E-state index in [-0.39, 0.29) is 11.8 Å². The molecule has 1 aliphatic heterocycles. The Morgan fingerprint density at radius 1 is 1.15 bits per heavy atom. The number of imidazole rings is 1.